The van der Waals surface area contributed by atoms with Crippen LogP contribution in [0.4, 0.5) is 4.39 Å². The summed E-state index contributed by atoms with van der Waals surface area (Å²) >= 11 is 0. The first-order valence-corrected chi connectivity index (χ1v) is 13.9. The number of rotatable bonds is 10. The maximum absolute atomic E-state index is 13.9. The van der Waals surface area contributed by atoms with Crippen molar-refractivity contribution >= 4 is 6.34 Å². The molecular formula is C29H44FN7O. The van der Waals surface area contributed by atoms with Crippen LogP contribution in [-0.4, -0.2) is 69.7 Å². The number of halogens is 1. The summed E-state index contributed by atoms with van der Waals surface area (Å²) in [7, 11) is 0. The van der Waals surface area contributed by atoms with Crippen LogP contribution in [0.2, 0.25) is 0 Å². The van der Waals surface area contributed by atoms with Gasteiger partial charge in [0, 0.05) is 49.3 Å². The first-order chi connectivity index (χ1) is 18.2. The summed E-state index contributed by atoms with van der Waals surface area (Å²) in [6, 6.07) is 5.46. The zero-order chi connectivity index (χ0) is 27.4. The fraction of sp³-hybridized carbons (Fsp3) is 0.586. The van der Waals surface area contributed by atoms with E-state index in [1.807, 2.05) is 17.0 Å². The Balaban J connectivity index is 1.55. The third-order valence-electron chi connectivity index (χ3n) is 8.16. The van der Waals surface area contributed by atoms with Crippen molar-refractivity contribution in [2.75, 3.05) is 32.9 Å². The van der Waals surface area contributed by atoms with Gasteiger partial charge in [-0.25, -0.2) is 14.4 Å². The van der Waals surface area contributed by atoms with E-state index in [9.17, 15) is 9.50 Å². The largest absolute Gasteiger partial charge is 0.390 e. The van der Waals surface area contributed by atoms with Crippen LogP contribution in [0.3, 0.4) is 0 Å². The smallest absolute Gasteiger partial charge is 0.126 e. The van der Waals surface area contributed by atoms with Gasteiger partial charge in [0.25, 0.3) is 0 Å². The van der Waals surface area contributed by atoms with Crippen LogP contribution in [0.15, 0.2) is 40.8 Å². The number of aliphatic hydroxyl groups is 1. The van der Waals surface area contributed by atoms with Crippen molar-refractivity contribution in [2.24, 2.45) is 28.3 Å². The van der Waals surface area contributed by atoms with Gasteiger partial charge in [0.05, 0.1) is 18.8 Å². The third kappa shape index (κ3) is 6.11. The highest BCUT2D eigenvalue weighted by atomic mass is 19.1. The highest BCUT2D eigenvalue weighted by Gasteiger charge is 2.33. The average molecular weight is 526 g/mol. The van der Waals surface area contributed by atoms with Gasteiger partial charge >= 0.3 is 0 Å². The van der Waals surface area contributed by atoms with E-state index < -0.39 is 0 Å². The van der Waals surface area contributed by atoms with Crippen LogP contribution in [-0.2, 0) is 6.54 Å². The van der Waals surface area contributed by atoms with Gasteiger partial charge in [-0.1, -0.05) is 20.8 Å². The zero-order valence-corrected chi connectivity index (χ0v) is 23.3. The normalized spacial score (nSPS) is 19.8. The minimum absolute atomic E-state index is 0.109. The number of likely N-dealkylation sites (tertiary alicyclic amines) is 2. The first-order valence-electron chi connectivity index (χ1n) is 13.9. The minimum Gasteiger partial charge on any atom is -0.390 e. The minimum atomic E-state index is -0.197. The molecule has 2 aromatic rings. The number of nitrogens with two attached hydrogens (primary N) is 2. The van der Waals surface area contributed by atoms with Crippen molar-refractivity contribution < 1.29 is 9.50 Å². The molecule has 1 aromatic carbocycles. The Kier molecular flexibility index (Phi) is 9.23. The molecule has 4 rings (SSSR count). The summed E-state index contributed by atoms with van der Waals surface area (Å²) in [5.41, 5.74) is 15.5. The molecular weight excluding hydrogens is 481 g/mol. The van der Waals surface area contributed by atoms with Gasteiger partial charge in [0.2, 0.25) is 0 Å². The standard InChI is InChI=1S/C29H44FN7O/c1-5-26(27(19(2)3)28(32)33-17-31)36-10-8-22(9-11-36)29-34-25(23-6-7-24(30)20(4)12-23)16-37(29)15-21-13-35(14-21)18-38/h6-7,12,16-17,19,21-22,26,38H,5,8-11,13-15,18,32H2,1-4H3,(H2,31,33)/b28-27-. The van der Waals surface area contributed by atoms with Gasteiger partial charge < -0.3 is 21.1 Å². The second-order valence-corrected chi connectivity index (χ2v) is 11.2. The van der Waals surface area contributed by atoms with E-state index in [0.29, 0.717) is 23.2 Å². The molecule has 0 radical (unpaired) electrons. The van der Waals surface area contributed by atoms with Crippen molar-refractivity contribution in [3.05, 3.63) is 53.0 Å². The summed E-state index contributed by atoms with van der Waals surface area (Å²) in [4.78, 5) is 13.9. The van der Waals surface area contributed by atoms with Gasteiger partial charge in [-0.2, -0.15) is 0 Å². The molecule has 0 amide bonds. The molecule has 0 aliphatic carbocycles. The van der Waals surface area contributed by atoms with Crippen LogP contribution >= 0.6 is 0 Å². The Hall–Kier alpha value is -2.75. The van der Waals surface area contributed by atoms with Gasteiger partial charge in [0.1, 0.15) is 17.5 Å². The second kappa shape index (κ2) is 12.4. The molecule has 2 aliphatic heterocycles. The number of hydrogen-bond acceptors (Lipinski definition) is 6. The maximum atomic E-state index is 13.9. The predicted molar refractivity (Wildman–Crippen MR) is 151 cm³/mol. The topological polar surface area (TPSA) is 109 Å². The van der Waals surface area contributed by atoms with Crippen molar-refractivity contribution in [2.45, 2.75) is 65.5 Å². The number of hydrogen-bond donors (Lipinski definition) is 3. The second-order valence-electron chi connectivity index (χ2n) is 11.2. The van der Waals surface area contributed by atoms with Gasteiger partial charge in [-0.15, -0.1) is 0 Å². The van der Waals surface area contributed by atoms with Crippen LogP contribution in [0.1, 0.15) is 57.3 Å². The molecule has 5 N–H and O–H groups in total. The first kappa shape index (κ1) is 28.3. The predicted octanol–water partition coefficient (Wildman–Crippen LogP) is 3.65. The lowest BCUT2D eigenvalue weighted by Gasteiger charge is -2.40. The Morgan fingerprint density at radius 1 is 1.26 bits per heavy atom. The highest BCUT2D eigenvalue weighted by molar-refractivity contribution is 5.60. The number of aliphatic hydroxyl groups excluding tert-OH is 1. The number of aliphatic imine (C=N–C) groups is 1. The fourth-order valence-electron chi connectivity index (χ4n) is 6.18. The van der Waals surface area contributed by atoms with E-state index in [1.54, 1.807) is 6.92 Å². The lowest BCUT2D eigenvalue weighted by molar-refractivity contribution is 0.00619. The summed E-state index contributed by atoms with van der Waals surface area (Å²) in [5.74, 6) is 2.57. The van der Waals surface area contributed by atoms with Crippen LogP contribution in [0, 0.1) is 24.6 Å². The molecule has 2 fully saturated rings. The maximum Gasteiger partial charge on any atom is 0.126 e. The van der Waals surface area contributed by atoms with E-state index in [0.717, 1.165) is 74.6 Å². The quantitative estimate of drug-likeness (QED) is 0.323. The van der Waals surface area contributed by atoms with Crippen molar-refractivity contribution in [1.82, 2.24) is 19.4 Å². The molecule has 0 saturated carbocycles. The number of piperidine rings is 1. The highest BCUT2D eigenvalue weighted by Crippen LogP contribution is 2.34. The number of benzene rings is 1. The molecule has 0 bridgehead atoms. The number of imidazole rings is 1. The fourth-order valence-corrected chi connectivity index (χ4v) is 6.18. The third-order valence-corrected chi connectivity index (χ3v) is 8.16. The van der Waals surface area contributed by atoms with E-state index >= 15 is 0 Å². The van der Waals surface area contributed by atoms with E-state index in [4.69, 9.17) is 16.5 Å². The lowest BCUT2D eigenvalue weighted by atomic mass is 9.88. The van der Waals surface area contributed by atoms with Crippen molar-refractivity contribution in [3.63, 3.8) is 0 Å². The van der Waals surface area contributed by atoms with Crippen LogP contribution in [0.25, 0.3) is 11.3 Å². The monoisotopic (exact) mass is 525 g/mol. The SMILES string of the molecule is CCC(/C(=C(/N)N=CN)C(C)C)N1CCC(c2nc(-c3ccc(F)c(C)c3)cn2CC2CN(CO)C2)CC1. The molecule has 208 valence electrons. The van der Waals surface area contributed by atoms with Gasteiger partial charge in [-0.05, 0) is 74.5 Å². The van der Waals surface area contributed by atoms with Crippen LogP contribution < -0.4 is 11.5 Å². The van der Waals surface area contributed by atoms with E-state index in [2.05, 4.69) is 41.4 Å². The summed E-state index contributed by atoms with van der Waals surface area (Å²) in [5, 5.41) is 9.40. The average Bonchev–Trinajstić information content (AvgIpc) is 3.29. The van der Waals surface area contributed by atoms with Crippen LogP contribution in [0.5, 0.6) is 0 Å². The Morgan fingerprint density at radius 3 is 2.55 bits per heavy atom. The molecule has 9 heteroatoms. The Morgan fingerprint density at radius 2 is 1.97 bits per heavy atom. The van der Waals surface area contributed by atoms with E-state index in [-0.39, 0.29) is 24.5 Å². The van der Waals surface area contributed by atoms with Crippen molar-refractivity contribution in [1.29, 1.82) is 0 Å². The molecule has 8 nitrogen and oxygen atoms in total. The van der Waals surface area contributed by atoms with Gasteiger partial charge in [-0.3, -0.25) is 9.80 Å². The molecule has 1 unspecified atom stereocenters. The molecule has 1 aromatic heterocycles. The number of nitrogens with zero attached hydrogens (tertiary/aromatic N) is 5. The molecule has 0 spiro atoms. The summed E-state index contributed by atoms with van der Waals surface area (Å²) in [6.45, 7) is 13.0. The molecule has 38 heavy (non-hydrogen) atoms. The Bertz CT molecular complexity index is 1140. The molecule has 1 atom stereocenters. The van der Waals surface area contributed by atoms with Gasteiger partial charge in [0.15, 0.2) is 0 Å². The van der Waals surface area contributed by atoms with Crippen molar-refractivity contribution in [3.8, 4) is 11.3 Å². The molecule has 2 aliphatic rings. The zero-order valence-electron chi connectivity index (χ0n) is 23.3. The Labute approximate surface area is 226 Å². The number of aromatic nitrogens is 2. The molecule has 3 heterocycles. The van der Waals surface area contributed by atoms with E-state index in [1.165, 1.54) is 12.4 Å². The lowest BCUT2D eigenvalue weighted by Crippen LogP contribution is -2.48. The molecule has 2 saturated heterocycles. The summed E-state index contributed by atoms with van der Waals surface area (Å²) < 4.78 is 16.3. The summed E-state index contributed by atoms with van der Waals surface area (Å²) in [6.07, 6.45) is 6.39. The number of aryl methyl sites for hydroxylation is 1.